The minimum Gasteiger partial charge on any atom is -0.374 e. The number of carbonyl (C=O) groups excluding carboxylic acids is 1. The van der Waals surface area contributed by atoms with Crippen LogP contribution in [0.25, 0.3) is 0 Å². The van der Waals surface area contributed by atoms with Crippen LogP contribution in [0.3, 0.4) is 0 Å². The van der Waals surface area contributed by atoms with Crippen LogP contribution in [0.2, 0.25) is 0 Å². The molecule has 1 aromatic rings. The third-order valence-corrected chi connectivity index (χ3v) is 1.28. The Morgan fingerprint density at radius 2 is 2.17 bits per heavy atom. The van der Waals surface area contributed by atoms with Crippen molar-refractivity contribution >= 4 is 5.91 Å². The zero-order valence-corrected chi connectivity index (χ0v) is 6.69. The van der Waals surface area contributed by atoms with Crippen LogP contribution in [0.4, 0.5) is 0 Å². The van der Waals surface area contributed by atoms with Crippen LogP contribution >= 0.6 is 0 Å². The number of aliphatic hydroxyl groups is 1. The van der Waals surface area contributed by atoms with Crippen LogP contribution in [0.5, 0.6) is 0 Å². The van der Waals surface area contributed by atoms with E-state index in [4.69, 9.17) is 5.11 Å². The predicted molar refractivity (Wildman–Crippen MR) is 43.4 cm³/mol. The average molecular weight is 166 g/mol. The summed E-state index contributed by atoms with van der Waals surface area (Å²) in [4.78, 5) is 14.9. The molecular formula is C8H10N2O2. The Bertz CT molecular complexity index is 259. The number of aromatic nitrogens is 1. The number of hydrogen-bond donors (Lipinski definition) is 2. The van der Waals surface area contributed by atoms with Crippen LogP contribution < -0.4 is 5.32 Å². The number of carbonyl (C=O) groups is 1. The van der Waals surface area contributed by atoms with E-state index in [1.807, 2.05) is 0 Å². The van der Waals surface area contributed by atoms with Crippen molar-refractivity contribution in [3.63, 3.8) is 0 Å². The van der Waals surface area contributed by atoms with Crippen molar-refractivity contribution in [2.24, 2.45) is 0 Å². The molecule has 1 amide bonds. The van der Waals surface area contributed by atoms with Gasteiger partial charge in [0, 0.05) is 18.0 Å². The summed E-state index contributed by atoms with van der Waals surface area (Å²) >= 11 is 0. The van der Waals surface area contributed by atoms with Gasteiger partial charge in [0.15, 0.2) is 0 Å². The van der Waals surface area contributed by atoms with Gasteiger partial charge in [-0.1, -0.05) is 0 Å². The van der Waals surface area contributed by atoms with Gasteiger partial charge in [0.1, 0.15) is 6.23 Å². The molecule has 0 aliphatic carbocycles. The van der Waals surface area contributed by atoms with E-state index in [9.17, 15) is 4.79 Å². The van der Waals surface area contributed by atoms with Gasteiger partial charge in [-0.15, -0.1) is 0 Å². The number of pyridine rings is 1. The normalized spacial score (nSPS) is 12.2. The maximum absolute atomic E-state index is 11.2. The number of amides is 1. The minimum atomic E-state index is -0.828. The third kappa shape index (κ3) is 2.32. The molecule has 1 aromatic heterocycles. The Morgan fingerprint density at radius 1 is 1.58 bits per heavy atom. The van der Waals surface area contributed by atoms with Crippen molar-refractivity contribution in [1.82, 2.24) is 10.3 Å². The molecule has 4 nitrogen and oxygen atoms in total. The molecule has 64 valence electrons. The molecular weight excluding hydrogens is 156 g/mol. The molecule has 2 N–H and O–H groups in total. The zero-order chi connectivity index (χ0) is 8.97. The summed E-state index contributed by atoms with van der Waals surface area (Å²) in [6.45, 7) is 1.49. The fourth-order valence-corrected chi connectivity index (χ4v) is 0.776. The van der Waals surface area contributed by atoms with Crippen LogP contribution in [0, 0.1) is 0 Å². The lowest BCUT2D eigenvalue weighted by atomic mass is 10.2. The van der Waals surface area contributed by atoms with Crippen molar-refractivity contribution in [3.05, 3.63) is 30.1 Å². The smallest absolute Gasteiger partial charge is 0.253 e. The average Bonchev–Trinajstić information content (AvgIpc) is 2.05. The summed E-state index contributed by atoms with van der Waals surface area (Å²) in [6, 6.07) is 3.16. The first-order valence-corrected chi connectivity index (χ1v) is 3.59. The van der Waals surface area contributed by atoms with Gasteiger partial charge in [-0.3, -0.25) is 9.78 Å². The highest BCUT2D eigenvalue weighted by atomic mass is 16.3. The monoisotopic (exact) mass is 166 g/mol. The molecule has 0 aliphatic heterocycles. The van der Waals surface area contributed by atoms with Crippen molar-refractivity contribution in [2.45, 2.75) is 13.2 Å². The third-order valence-electron chi connectivity index (χ3n) is 1.28. The lowest BCUT2D eigenvalue weighted by Crippen LogP contribution is -2.31. The first-order valence-electron chi connectivity index (χ1n) is 3.59. The SMILES string of the molecule is CC(O)NC(=O)c1ccncc1. The van der Waals surface area contributed by atoms with Crippen molar-refractivity contribution < 1.29 is 9.90 Å². The molecule has 0 aliphatic rings. The van der Waals surface area contributed by atoms with E-state index >= 15 is 0 Å². The fourth-order valence-electron chi connectivity index (χ4n) is 0.776. The minimum absolute atomic E-state index is 0.299. The van der Waals surface area contributed by atoms with E-state index in [0.717, 1.165) is 0 Å². The molecule has 0 saturated carbocycles. The first kappa shape index (κ1) is 8.67. The largest absolute Gasteiger partial charge is 0.374 e. The van der Waals surface area contributed by atoms with Crippen molar-refractivity contribution in [1.29, 1.82) is 0 Å². The summed E-state index contributed by atoms with van der Waals surface area (Å²) in [5, 5.41) is 11.2. The van der Waals surface area contributed by atoms with E-state index < -0.39 is 6.23 Å². The molecule has 0 spiro atoms. The van der Waals surface area contributed by atoms with Crippen molar-refractivity contribution in [2.75, 3.05) is 0 Å². The number of nitrogens with one attached hydrogen (secondary N) is 1. The van der Waals surface area contributed by atoms with Crippen molar-refractivity contribution in [3.8, 4) is 0 Å². The van der Waals surface area contributed by atoms with Crippen LogP contribution in [-0.4, -0.2) is 22.2 Å². The second-order valence-electron chi connectivity index (χ2n) is 2.39. The molecule has 4 heteroatoms. The molecule has 1 atom stereocenters. The number of rotatable bonds is 2. The highest BCUT2D eigenvalue weighted by Crippen LogP contribution is 1.95. The first-order chi connectivity index (χ1) is 5.70. The topological polar surface area (TPSA) is 62.2 Å². The molecule has 0 aromatic carbocycles. The lowest BCUT2D eigenvalue weighted by molar-refractivity contribution is 0.0818. The maximum atomic E-state index is 11.2. The number of hydrogen-bond acceptors (Lipinski definition) is 3. The zero-order valence-electron chi connectivity index (χ0n) is 6.69. The number of aliphatic hydroxyl groups excluding tert-OH is 1. The molecule has 0 bridgehead atoms. The van der Waals surface area contributed by atoms with Gasteiger partial charge in [0.05, 0.1) is 0 Å². The summed E-state index contributed by atoms with van der Waals surface area (Å²) in [7, 11) is 0. The second-order valence-corrected chi connectivity index (χ2v) is 2.39. The Kier molecular flexibility index (Phi) is 2.76. The highest BCUT2D eigenvalue weighted by molar-refractivity contribution is 5.94. The highest BCUT2D eigenvalue weighted by Gasteiger charge is 2.05. The van der Waals surface area contributed by atoms with E-state index in [1.165, 1.54) is 19.3 Å². The molecule has 1 rings (SSSR count). The molecule has 0 saturated heterocycles. The summed E-state index contributed by atoms with van der Waals surface area (Å²) in [5.41, 5.74) is 0.492. The molecule has 12 heavy (non-hydrogen) atoms. The van der Waals surface area contributed by atoms with Gasteiger partial charge in [-0.2, -0.15) is 0 Å². The molecule has 0 fully saturated rings. The standard InChI is InChI=1S/C8H10N2O2/c1-6(11)10-8(12)7-2-4-9-5-3-7/h2-6,11H,1H3,(H,10,12). The maximum Gasteiger partial charge on any atom is 0.253 e. The lowest BCUT2D eigenvalue weighted by Gasteiger charge is -2.06. The fraction of sp³-hybridized carbons (Fsp3) is 0.250. The van der Waals surface area contributed by atoms with Gasteiger partial charge in [0.25, 0.3) is 5.91 Å². The number of nitrogens with zero attached hydrogens (tertiary/aromatic N) is 1. The van der Waals surface area contributed by atoms with Gasteiger partial charge in [-0.25, -0.2) is 0 Å². The molecule has 1 unspecified atom stereocenters. The van der Waals surface area contributed by atoms with E-state index in [0.29, 0.717) is 5.56 Å². The van der Waals surface area contributed by atoms with E-state index in [1.54, 1.807) is 12.1 Å². The van der Waals surface area contributed by atoms with E-state index in [2.05, 4.69) is 10.3 Å². The van der Waals surface area contributed by atoms with Crippen LogP contribution in [-0.2, 0) is 0 Å². The Labute approximate surface area is 70.3 Å². The quantitative estimate of drug-likeness (QED) is 0.615. The summed E-state index contributed by atoms with van der Waals surface area (Å²) < 4.78 is 0. The van der Waals surface area contributed by atoms with Gasteiger partial charge in [0.2, 0.25) is 0 Å². The van der Waals surface area contributed by atoms with Gasteiger partial charge >= 0.3 is 0 Å². The second kappa shape index (κ2) is 3.82. The summed E-state index contributed by atoms with van der Waals surface area (Å²) in [5.74, 6) is -0.299. The molecule has 0 radical (unpaired) electrons. The van der Waals surface area contributed by atoms with E-state index in [-0.39, 0.29) is 5.91 Å². The summed E-state index contributed by atoms with van der Waals surface area (Å²) in [6.07, 6.45) is 2.22. The van der Waals surface area contributed by atoms with Gasteiger partial charge < -0.3 is 10.4 Å². The predicted octanol–water partition coefficient (Wildman–Crippen LogP) is 0.150. The Balaban J connectivity index is 2.66. The Hall–Kier alpha value is -1.42. The van der Waals surface area contributed by atoms with Crippen LogP contribution in [0.15, 0.2) is 24.5 Å². The van der Waals surface area contributed by atoms with Crippen LogP contribution in [0.1, 0.15) is 17.3 Å². The molecule has 1 heterocycles. The van der Waals surface area contributed by atoms with Gasteiger partial charge in [-0.05, 0) is 19.1 Å². The Morgan fingerprint density at radius 3 is 2.67 bits per heavy atom.